The fourth-order valence-electron chi connectivity index (χ4n) is 1.89. The first-order valence-electron chi connectivity index (χ1n) is 6.29. The van der Waals surface area contributed by atoms with Crippen molar-refractivity contribution in [1.82, 2.24) is 0 Å². The SMILES string of the molecule is C=C(CNc1cccc2ccccc12)C(=O)OCC. The number of rotatable bonds is 5. The summed E-state index contributed by atoms with van der Waals surface area (Å²) in [5.74, 6) is -0.352. The Morgan fingerprint density at radius 1 is 1.21 bits per heavy atom. The van der Waals surface area contributed by atoms with Gasteiger partial charge in [-0.05, 0) is 18.4 Å². The van der Waals surface area contributed by atoms with Crippen molar-refractivity contribution in [3.8, 4) is 0 Å². The fraction of sp³-hybridized carbons (Fsp3) is 0.188. The number of nitrogens with one attached hydrogen (secondary N) is 1. The number of fused-ring (bicyclic) bond motifs is 1. The lowest BCUT2D eigenvalue weighted by Gasteiger charge is -2.10. The normalized spacial score (nSPS) is 10.2. The molecule has 0 aliphatic rings. The van der Waals surface area contributed by atoms with Gasteiger partial charge in [-0.3, -0.25) is 0 Å². The van der Waals surface area contributed by atoms with Crippen LogP contribution in [0.3, 0.4) is 0 Å². The molecule has 0 atom stereocenters. The van der Waals surface area contributed by atoms with Gasteiger partial charge in [0.25, 0.3) is 0 Å². The van der Waals surface area contributed by atoms with Crippen LogP contribution in [0.25, 0.3) is 10.8 Å². The number of anilines is 1. The highest BCUT2D eigenvalue weighted by atomic mass is 16.5. The molecule has 0 spiro atoms. The van der Waals surface area contributed by atoms with Crippen molar-refractivity contribution in [2.24, 2.45) is 0 Å². The smallest absolute Gasteiger partial charge is 0.335 e. The average Bonchev–Trinajstić information content (AvgIpc) is 2.45. The molecule has 0 aromatic heterocycles. The molecule has 0 bridgehead atoms. The second kappa shape index (κ2) is 6.05. The molecule has 3 nitrogen and oxygen atoms in total. The third-order valence-electron chi connectivity index (χ3n) is 2.85. The molecular formula is C16H17NO2. The summed E-state index contributed by atoms with van der Waals surface area (Å²) in [6.45, 7) is 6.26. The Balaban J connectivity index is 2.10. The Hall–Kier alpha value is -2.29. The van der Waals surface area contributed by atoms with E-state index in [9.17, 15) is 4.79 Å². The zero-order valence-electron chi connectivity index (χ0n) is 11.0. The third kappa shape index (κ3) is 3.13. The molecule has 0 aliphatic carbocycles. The minimum Gasteiger partial charge on any atom is -0.463 e. The van der Waals surface area contributed by atoms with Gasteiger partial charge in [-0.25, -0.2) is 4.79 Å². The Kier molecular flexibility index (Phi) is 4.18. The number of hydrogen-bond acceptors (Lipinski definition) is 3. The van der Waals surface area contributed by atoms with Crippen LogP contribution < -0.4 is 5.32 Å². The molecule has 0 aliphatic heterocycles. The van der Waals surface area contributed by atoms with Crippen molar-refractivity contribution in [3.05, 3.63) is 54.6 Å². The topological polar surface area (TPSA) is 38.3 Å². The second-order valence-electron chi connectivity index (χ2n) is 4.20. The first-order chi connectivity index (χ1) is 9.22. The lowest BCUT2D eigenvalue weighted by atomic mass is 10.1. The standard InChI is InChI=1S/C16H17NO2/c1-3-19-16(18)12(2)11-17-15-10-6-8-13-7-4-5-9-14(13)15/h4-10,17H,2-3,11H2,1H3. The minimum absolute atomic E-state index is 0.352. The van der Waals surface area contributed by atoms with E-state index in [1.165, 1.54) is 0 Å². The highest BCUT2D eigenvalue weighted by Crippen LogP contribution is 2.22. The summed E-state index contributed by atoms with van der Waals surface area (Å²) < 4.78 is 4.90. The molecule has 0 unspecified atom stereocenters. The van der Waals surface area contributed by atoms with E-state index in [1.807, 2.05) is 30.3 Å². The van der Waals surface area contributed by atoms with E-state index in [0.29, 0.717) is 18.7 Å². The Bertz CT molecular complexity index is 599. The van der Waals surface area contributed by atoms with Crippen molar-refractivity contribution in [2.45, 2.75) is 6.92 Å². The molecule has 19 heavy (non-hydrogen) atoms. The van der Waals surface area contributed by atoms with Gasteiger partial charge in [0.05, 0.1) is 6.61 Å². The van der Waals surface area contributed by atoms with Gasteiger partial charge in [0.2, 0.25) is 0 Å². The Morgan fingerprint density at radius 3 is 2.74 bits per heavy atom. The average molecular weight is 255 g/mol. The predicted molar refractivity (Wildman–Crippen MR) is 78.2 cm³/mol. The second-order valence-corrected chi connectivity index (χ2v) is 4.20. The molecule has 0 heterocycles. The number of carbonyl (C=O) groups is 1. The summed E-state index contributed by atoms with van der Waals surface area (Å²) in [5.41, 5.74) is 1.42. The summed E-state index contributed by atoms with van der Waals surface area (Å²) in [4.78, 5) is 11.5. The number of ether oxygens (including phenoxy) is 1. The van der Waals surface area contributed by atoms with Gasteiger partial charge in [0, 0.05) is 23.2 Å². The van der Waals surface area contributed by atoms with Crippen LogP contribution in [0.2, 0.25) is 0 Å². The first kappa shape index (κ1) is 13.1. The summed E-state index contributed by atoms with van der Waals surface area (Å²) in [7, 11) is 0. The molecule has 0 fully saturated rings. The summed E-state index contributed by atoms with van der Waals surface area (Å²) in [6.07, 6.45) is 0. The van der Waals surface area contributed by atoms with E-state index in [1.54, 1.807) is 6.92 Å². The molecular weight excluding hydrogens is 238 g/mol. The molecule has 1 N–H and O–H groups in total. The van der Waals surface area contributed by atoms with Crippen molar-refractivity contribution < 1.29 is 9.53 Å². The minimum atomic E-state index is -0.352. The molecule has 98 valence electrons. The van der Waals surface area contributed by atoms with Crippen LogP contribution in [-0.2, 0) is 9.53 Å². The van der Waals surface area contributed by atoms with E-state index in [-0.39, 0.29) is 5.97 Å². The zero-order valence-corrected chi connectivity index (χ0v) is 11.0. The van der Waals surface area contributed by atoms with Crippen LogP contribution in [0.15, 0.2) is 54.6 Å². The number of carbonyl (C=O) groups excluding carboxylic acids is 1. The number of benzene rings is 2. The van der Waals surface area contributed by atoms with Gasteiger partial charge in [-0.15, -0.1) is 0 Å². The molecule has 2 aromatic rings. The predicted octanol–water partition coefficient (Wildman–Crippen LogP) is 3.37. The largest absolute Gasteiger partial charge is 0.463 e. The highest BCUT2D eigenvalue weighted by Gasteiger charge is 2.07. The van der Waals surface area contributed by atoms with E-state index in [4.69, 9.17) is 4.74 Å². The Labute approximate surface area is 112 Å². The monoisotopic (exact) mass is 255 g/mol. The molecule has 0 amide bonds. The highest BCUT2D eigenvalue weighted by molar-refractivity contribution is 5.94. The van der Waals surface area contributed by atoms with E-state index in [2.05, 4.69) is 24.0 Å². The van der Waals surface area contributed by atoms with Gasteiger partial charge < -0.3 is 10.1 Å². The summed E-state index contributed by atoms with van der Waals surface area (Å²) >= 11 is 0. The number of esters is 1. The van der Waals surface area contributed by atoms with Crippen LogP contribution in [0.1, 0.15) is 6.92 Å². The van der Waals surface area contributed by atoms with E-state index < -0.39 is 0 Å². The van der Waals surface area contributed by atoms with Crippen molar-refractivity contribution in [2.75, 3.05) is 18.5 Å². The first-order valence-corrected chi connectivity index (χ1v) is 6.29. The van der Waals surface area contributed by atoms with Crippen LogP contribution >= 0.6 is 0 Å². The quantitative estimate of drug-likeness (QED) is 0.657. The summed E-state index contributed by atoms with van der Waals surface area (Å²) in [5, 5.41) is 5.51. The van der Waals surface area contributed by atoms with E-state index >= 15 is 0 Å². The molecule has 3 heteroatoms. The fourth-order valence-corrected chi connectivity index (χ4v) is 1.89. The molecule has 0 saturated heterocycles. The van der Waals surface area contributed by atoms with Crippen molar-refractivity contribution in [1.29, 1.82) is 0 Å². The van der Waals surface area contributed by atoms with Gasteiger partial charge in [0.1, 0.15) is 0 Å². The van der Waals surface area contributed by atoms with Gasteiger partial charge in [-0.1, -0.05) is 43.0 Å². The lowest BCUT2D eigenvalue weighted by molar-refractivity contribution is -0.138. The van der Waals surface area contributed by atoms with Crippen molar-refractivity contribution >= 4 is 22.4 Å². The van der Waals surface area contributed by atoms with Gasteiger partial charge in [0.15, 0.2) is 0 Å². The van der Waals surface area contributed by atoms with Crippen LogP contribution in [0.5, 0.6) is 0 Å². The molecule has 2 aromatic carbocycles. The maximum absolute atomic E-state index is 11.5. The van der Waals surface area contributed by atoms with Crippen LogP contribution in [0.4, 0.5) is 5.69 Å². The van der Waals surface area contributed by atoms with E-state index in [0.717, 1.165) is 16.5 Å². The maximum Gasteiger partial charge on any atom is 0.335 e. The third-order valence-corrected chi connectivity index (χ3v) is 2.85. The summed E-state index contributed by atoms with van der Waals surface area (Å²) in [6, 6.07) is 14.1. The van der Waals surface area contributed by atoms with Crippen LogP contribution in [0, 0.1) is 0 Å². The Morgan fingerprint density at radius 2 is 1.95 bits per heavy atom. The number of hydrogen-bond donors (Lipinski definition) is 1. The van der Waals surface area contributed by atoms with Gasteiger partial charge >= 0.3 is 5.97 Å². The molecule has 0 saturated carbocycles. The van der Waals surface area contributed by atoms with Crippen molar-refractivity contribution in [3.63, 3.8) is 0 Å². The molecule has 0 radical (unpaired) electrons. The van der Waals surface area contributed by atoms with Crippen LogP contribution in [-0.4, -0.2) is 19.1 Å². The zero-order chi connectivity index (χ0) is 13.7. The lowest BCUT2D eigenvalue weighted by Crippen LogP contribution is -2.14. The molecule has 2 rings (SSSR count). The van der Waals surface area contributed by atoms with Gasteiger partial charge in [-0.2, -0.15) is 0 Å². The maximum atomic E-state index is 11.5.